The van der Waals surface area contributed by atoms with E-state index in [1.165, 1.54) is 28.4 Å². The number of amides is 1. The van der Waals surface area contributed by atoms with E-state index in [0.717, 1.165) is 0 Å². The van der Waals surface area contributed by atoms with E-state index >= 15 is 0 Å². The summed E-state index contributed by atoms with van der Waals surface area (Å²) < 4.78 is 28.8. The van der Waals surface area contributed by atoms with Gasteiger partial charge in [0, 0.05) is 26.4 Å². The zero-order chi connectivity index (χ0) is 17.5. The van der Waals surface area contributed by atoms with E-state index in [1.54, 1.807) is 31.3 Å². The summed E-state index contributed by atoms with van der Waals surface area (Å²) in [6.45, 7) is -2.63. The molecule has 0 aliphatic carbocycles. The van der Waals surface area contributed by atoms with Gasteiger partial charge in [-0.05, 0) is 29.1 Å². The molecule has 0 saturated heterocycles. The largest absolute Gasteiger partial charge is 0.435 e. The predicted octanol–water partition coefficient (Wildman–Crippen LogP) is 3.97. The minimum Gasteiger partial charge on any atom is -0.435 e. The number of thiophene rings is 1. The van der Waals surface area contributed by atoms with E-state index in [1.807, 2.05) is 5.38 Å². The van der Waals surface area contributed by atoms with Crippen molar-refractivity contribution in [3.05, 3.63) is 52.2 Å². The summed E-state index contributed by atoms with van der Waals surface area (Å²) in [6, 6.07) is 9.73. The number of Topliss-reactive ketones (excluding diaryl/α,β-unsaturated/α-hetero) is 1. The van der Waals surface area contributed by atoms with Gasteiger partial charge in [0.05, 0.1) is 4.88 Å². The third-order valence-electron chi connectivity index (χ3n) is 3.33. The molecule has 2 aromatic rings. The fraction of sp³-hybridized carbons (Fsp3) is 0.294. The molecule has 4 nitrogen and oxygen atoms in total. The zero-order valence-electron chi connectivity index (χ0n) is 13.1. The normalized spacial score (nSPS) is 10.7. The lowest BCUT2D eigenvalue weighted by Crippen LogP contribution is -2.26. The van der Waals surface area contributed by atoms with Gasteiger partial charge in [0.25, 0.3) is 0 Å². The monoisotopic (exact) mass is 353 g/mol. The molecule has 2 rings (SSSR count). The van der Waals surface area contributed by atoms with Gasteiger partial charge >= 0.3 is 6.61 Å². The second-order valence-corrected chi connectivity index (χ2v) is 6.12. The van der Waals surface area contributed by atoms with Crippen LogP contribution in [0.4, 0.5) is 8.78 Å². The SMILES string of the molecule is CN(Cc1cccc(OC(F)F)c1)C(=O)CCC(=O)c1cccs1. The van der Waals surface area contributed by atoms with E-state index in [0.29, 0.717) is 10.4 Å². The highest BCUT2D eigenvalue weighted by Crippen LogP contribution is 2.18. The molecule has 24 heavy (non-hydrogen) atoms. The number of benzene rings is 1. The van der Waals surface area contributed by atoms with Crippen molar-refractivity contribution in [3.63, 3.8) is 0 Å². The van der Waals surface area contributed by atoms with Gasteiger partial charge in [0.2, 0.25) is 5.91 Å². The Morgan fingerprint density at radius 3 is 2.67 bits per heavy atom. The van der Waals surface area contributed by atoms with Crippen LogP contribution in [0.1, 0.15) is 28.1 Å². The van der Waals surface area contributed by atoms with E-state index in [9.17, 15) is 18.4 Å². The van der Waals surface area contributed by atoms with E-state index < -0.39 is 6.61 Å². The number of carbonyl (C=O) groups excluding carboxylic acids is 2. The summed E-state index contributed by atoms with van der Waals surface area (Å²) in [5.74, 6) is -0.185. The van der Waals surface area contributed by atoms with Crippen LogP contribution in [0.15, 0.2) is 41.8 Å². The van der Waals surface area contributed by atoms with Crippen LogP contribution in [0.2, 0.25) is 0 Å². The van der Waals surface area contributed by atoms with Crippen LogP contribution in [0.25, 0.3) is 0 Å². The summed E-state index contributed by atoms with van der Waals surface area (Å²) >= 11 is 1.35. The van der Waals surface area contributed by atoms with Gasteiger partial charge < -0.3 is 9.64 Å². The molecule has 0 bridgehead atoms. The van der Waals surface area contributed by atoms with Crippen LogP contribution >= 0.6 is 11.3 Å². The van der Waals surface area contributed by atoms with Gasteiger partial charge in [0.15, 0.2) is 5.78 Å². The molecule has 1 aromatic heterocycles. The highest BCUT2D eigenvalue weighted by Gasteiger charge is 2.14. The lowest BCUT2D eigenvalue weighted by Gasteiger charge is -2.17. The number of ether oxygens (including phenoxy) is 1. The Morgan fingerprint density at radius 2 is 2.00 bits per heavy atom. The molecular formula is C17H17F2NO3S. The molecule has 0 aliphatic heterocycles. The smallest absolute Gasteiger partial charge is 0.387 e. The topological polar surface area (TPSA) is 46.6 Å². The first-order chi connectivity index (χ1) is 11.5. The second kappa shape index (κ2) is 8.54. The summed E-state index contributed by atoms with van der Waals surface area (Å²) in [7, 11) is 1.61. The van der Waals surface area contributed by atoms with Crippen molar-refractivity contribution >= 4 is 23.0 Å². The molecule has 1 amide bonds. The van der Waals surface area contributed by atoms with Gasteiger partial charge in [-0.3, -0.25) is 9.59 Å². The molecule has 0 atom stereocenters. The third kappa shape index (κ3) is 5.42. The third-order valence-corrected chi connectivity index (χ3v) is 4.24. The van der Waals surface area contributed by atoms with Crippen LogP contribution in [0.3, 0.4) is 0 Å². The minimum absolute atomic E-state index is 0.0521. The number of hydrogen-bond acceptors (Lipinski definition) is 4. The van der Waals surface area contributed by atoms with Gasteiger partial charge in [-0.2, -0.15) is 8.78 Å². The zero-order valence-corrected chi connectivity index (χ0v) is 13.9. The molecule has 0 saturated carbocycles. The first kappa shape index (κ1) is 18.1. The summed E-state index contributed by atoms with van der Waals surface area (Å²) in [6.07, 6.45) is 0.263. The van der Waals surface area contributed by atoms with Crippen molar-refractivity contribution in [2.24, 2.45) is 0 Å². The molecule has 1 aromatic carbocycles. The number of halogens is 2. The Bertz CT molecular complexity index is 689. The van der Waals surface area contributed by atoms with Gasteiger partial charge in [-0.1, -0.05) is 18.2 Å². The van der Waals surface area contributed by atoms with Crippen molar-refractivity contribution < 1.29 is 23.1 Å². The van der Waals surface area contributed by atoms with E-state index in [2.05, 4.69) is 4.74 Å². The molecule has 7 heteroatoms. The number of ketones is 1. The van der Waals surface area contributed by atoms with Crippen molar-refractivity contribution in [1.82, 2.24) is 4.90 Å². The molecule has 128 valence electrons. The Hall–Kier alpha value is -2.28. The summed E-state index contributed by atoms with van der Waals surface area (Å²) in [5, 5.41) is 1.82. The quantitative estimate of drug-likeness (QED) is 0.675. The summed E-state index contributed by atoms with van der Waals surface area (Å²) in [4.78, 5) is 26.1. The lowest BCUT2D eigenvalue weighted by atomic mass is 10.1. The van der Waals surface area contributed by atoms with Crippen molar-refractivity contribution in [3.8, 4) is 5.75 Å². The Balaban J connectivity index is 1.86. The van der Waals surface area contributed by atoms with Crippen molar-refractivity contribution in [1.29, 1.82) is 0 Å². The predicted molar refractivity (Wildman–Crippen MR) is 87.4 cm³/mol. The molecular weight excluding hydrogens is 336 g/mol. The van der Waals surface area contributed by atoms with Gasteiger partial charge in [-0.15, -0.1) is 11.3 Å². The van der Waals surface area contributed by atoms with Crippen molar-refractivity contribution in [2.45, 2.75) is 26.0 Å². The maximum atomic E-state index is 12.2. The number of hydrogen-bond donors (Lipinski definition) is 0. The molecule has 0 spiro atoms. The van der Waals surface area contributed by atoms with Gasteiger partial charge in [0.1, 0.15) is 5.75 Å². The number of carbonyl (C=O) groups is 2. The molecule has 1 heterocycles. The molecule has 0 unspecified atom stereocenters. The highest BCUT2D eigenvalue weighted by atomic mass is 32.1. The van der Waals surface area contributed by atoms with Crippen LogP contribution in [0.5, 0.6) is 5.75 Å². The summed E-state index contributed by atoms with van der Waals surface area (Å²) in [5.41, 5.74) is 0.675. The Kier molecular flexibility index (Phi) is 6.43. The van der Waals surface area contributed by atoms with E-state index in [4.69, 9.17) is 0 Å². The molecule has 0 fully saturated rings. The van der Waals surface area contributed by atoms with E-state index in [-0.39, 0.29) is 36.8 Å². The average Bonchev–Trinajstić information content (AvgIpc) is 3.06. The van der Waals surface area contributed by atoms with Crippen LogP contribution in [-0.2, 0) is 11.3 Å². The molecule has 0 N–H and O–H groups in total. The number of rotatable bonds is 8. The standard InChI is InChI=1S/C17H17F2NO3S/c1-20(11-12-4-2-5-13(10-12)23-17(18)19)16(22)8-7-14(21)15-6-3-9-24-15/h2-6,9-10,17H,7-8,11H2,1H3. The van der Waals surface area contributed by atoms with Crippen LogP contribution < -0.4 is 4.74 Å². The fourth-order valence-corrected chi connectivity index (χ4v) is 2.85. The lowest BCUT2D eigenvalue weighted by molar-refractivity contribution is -0.130. The van der Waals surface area contributed by atoms with Crippen LogP contribution in [-0.4, -0.2) is 30.2 Å². The fourth-order valence-electron chi connectivity index (χ4n) is 2.15. The Labute approximate surface area is 142 Å². The molecule has 0 radical (unpaired) electrons. The first-order valence-electron chi connectivity index (χ1n) is 7.30. The number of nitrogens with zero attached hydrogens (tertiary/aromatic N) is 1. The highest BCUT2D eigenvalue weighted by molar-refractivity contribution is 7.12. The van der Waals surface area contributed by atoms with Gasteiger partial charge in [-0.25, -0.2) is 0 Å². The molecule has 0 aliphatic rings. The maximum Gasteiger partial charge on any atom is 0.387 e. The average molecular weight is 353 g/mol. The van der Waals surface area contributed by atoms with Crippen LogP contribution in [0, 0.1) is 0 Å². The van der Waals surface area contributed by atoms with Crippen molar-refractivity contribution in [2.75, 3.05) is 7.05 Å². The minimum atomic E-state index is -2.89. The first-order valence-corrected chi connectivity index (χ1v) is 8.18. The maximum absolute atomic E-state index is 12.2. The Morgan fingerprint density at radius 1 is 1.21 bits per heavy atom. The number of alkyl halides is 2. The second-order valence-electron chi connectivity index (χ2n) is 5.18.